The molecule has 1 saturated heterocycles. The van der Waals surface area contributed by atoms with Crippen molar-refractivity contribution in [3.8, 4) is 0 Å². The zero-order chi connectivity index (χ0) is 24.2. The highest BCUT2D eigenvalue weighted by atomic mass is 32.1. The predicted octanol–water partition coefficient (Wildman–Crippen LogP) is 5.96. The highest BCUT2D eigenvalue weighted by Gasteiger charge is 2.36. The molecule has 3 aromatic carbocycles. The van der Waals surface area contributed by atoms with Gasteiger partial charge in [0.25, 0.3) is 0 Å². The van der Waals surface area contributed by atoms with Crippen LogP contribution in [0.4, 0.5) is 27.8 Å². The largest absolute Gasteiger partial charge is 0.368 e. The van der Waals surface area contributed by atoms with Crippen molar-refractivity contribution < 1.29 is 9.72 Å². The fourth-order valence-electron chi connectivity index (χ4n) is 4.32. The van der Waals surface area contributed by atoms with Crippen LogP contribution in [0.3, 0.4) is 0 Å². The Balaban J connectivity index is 1.54. The smallest absolute Gasteiger partial charge is 0.327 e. The molecule has 1 aliphatic rings. The molecule has 7 nitrogen and oxygen atoms in total. The predicted molar refractivity (Wildman–Crippen MR) is 141 cm³/mol. The van der Waals surface area contributed by atoms with Gasteiger partial charge in [-0.3, -0.25) is 14.9 Å². The number of thiophene rings is 1. The first-order valence-corrected chi connectivity index (χ1v) is 12.2. The number of ketones is 1. The van der Waals surface area contributed by atoms with Crippen molar-refractivity contribution in [3.63, 3.8) is 0 Å². The third kappa shape index (κ3) is 4.74. The molecule has 5 rings (SSSR count). The highest BCUT2D eigenvalue weighted by Crippen LogP contribution is 2.48. The van der Waals surface area contributed by atoms with E-state index in [1.54, 1.807) is 24.3 Å². The van der Waals surface area contributed by atoms with Gasteiger partial charge >= 0.3 is 5.69 Å². The molecule has 0 radical (unpaired) electrons. The van der Waals surface area contributed by atoms with Crippen LogP contribution >= 0.6 is 11.3 Å². The van der Waals surface area contributed by atoms with Gasteiger partial charge < -0.3 is 15.1 Å². The van der Waals surface area contributed by atoms with Crippen molar-refractivity contribution in [1.82, 2.24) is 0 Å². The van der Waals surface area contributed by atoms with E-state index in [4.69, 9.17) is 0 Å². The van der Waals surface area contributed by atoms with E-state index in [0.717, 1.165) is 22.7 Å². The molecule has 2 heterocycles. The van der Waals surface area contributed by atoms with Crippen LogP contribution in [-0.2, 0) is 0 Å². The van der Waals surface area contributed by atoms with Crippen LogP contribution < -0.4 is 15.1 Å². The molecule has 1 aliphatic heterocycles. The molecular weight excluding hydrogens is 460 g/mol. The number of nitro groups is 1. The number of hydrogen-bond acceptors (Lipinski definition) is 7. The molecule has 35 heavy (non-hydrogen) atoms. The summed E-state index contributed by atoms with van der Waals surface area (Å²) in [4.78, 5) is 30.2. The number of para-hydroxylation sites is 2. The number of benzene rings is 3. The Morgan fingerprint density at radius 1 is 0.800 bits per heavy atom. The second-order valence-electron chi connectivity index (χ2n) is 8.21. The molecule has 4 aromatic rings. The van der Waals surface area contributed by atoms with E-state index in [-0.39, 0.29) is 16.4 Å². The van der Waals surface area contributed by atoms with Gasteiger partial charge in [-0.1, -0.05) is 66.7 Å². The summed E-state index contributed by atoms with van der Waals surface area (Å²) in [6.45, 7) is 2.56. The van der Waals surface area contributed by atoms with Crippen molar-refractivity contribution in [2.24, 2.45) is 0 Å². The van der Waals surface area contributed by atoms with E-state index in [9.17, 15) is 14.9 Å². The fraction of sp³-hybridized carbons (Fsp3) is 0.148. The average molecular weight is 485 g/mol. The molecule has 0 amide bonds. The van der Waals surface area contributed by atoms with Crippen LogP contribution in [0.25, 0.3) is 0 Å². The molecule has 8 heteroatoms. The minimum Gasteiger partial charge on any atom is -0.368 e. The third-order valence-corrected chi connectivity index (χ3v) is 7.11. The number of nitrogens with zero attached hydrogens (tertiary/aromatic N) is 3. The van der Waals surface area contributed by atoms with E-state index in [1.165, 1.54) is 0 Å². The maximum absolute atomic E-state index is 13.6. The average Bonchev–Trinajstić information content (AvgIpc) is 3.29. The molecule has 0 unspecified atom stereocenters. The Bertz CT molecular complexity index is 1320. The van der Waals surface area contributed by atoms with Crippen molar-refractivity contribution in [2.75, 3.05) is 41.3 Å². The standard InChI is InChI=1S/C27H24N4O3S/c32-25(20-10-4-1-5-11-20)26-23(30-18-16-29(17-19-30)22-14-8-3-9-15-22)24(31(33)34)27(35-26)28-21-12-6-2-7-13-21/h1-15,28H,16-19H2. The van der Waals surface area contributed by atoms with Gasteiger partial charge in [0, 0.05) is 43.1 Å². The van der Waals surface area contributed by atoms with Gasteiger partial charge in [-0.15, -0.1) is 11.3 Å². The zero-order valence-corrected chi connectivity index (χ0v) is 19.8. The lowest BCUT2D eigenvalue weighted by Gasteiger charge is -2.37. The van der Waals surface area contributed by atoms with Crippen LogP contribution in [0.2, 0.25) is 0 Å². The Kier molecular flexibility index (Phi) is 6.45. The fourth-order valence-corrected chi connectivity index (χ4v) is 5.49. The summed E-state index contributed by atoms with van der Waals surface area (Å²) in [5, 5.41) is 15.9. The number of carbonyl (C=O) groups is 1. The van der Waals surface area contributed by atoms with Gasteiger partial charge in [-0.25, -0.2) is 0 Å². The van der Waals surface area contributed by atoms with Gasteiger partial charge in [-0.05, 0) is 24.3 Å². The van der Waals surface area contributed by atoms with Gasteiger partial charge in [0.2, 0.25) is 5.78 Å². The number of rotatable bonds is 7. The van der Waals surface area contributed by atoms with Crippen LogP contribution in [0.15, 0.2) is 91.0 Å². The summed E-state index contributed by atoms with van der Waals surface area (Å²) >= 11 is 1.15. The quantitative estimate of drug-likeness (QED) is 0.198. The third-order valence-electron chi connectivity index (χ3n) is 6.03. The monoisotopic (exact) mass is 484 g/mol. The number of nitrogens with one attached hydrogen (secondary N) is 1. The first-order valence-electron chi connectivity index (χ1n) is 11.4. The van der Waals surface area contributed by atoms with Gasteiger partial charge in [-0.2, -0.15) is 0 Å². The Morgan fingerprint density at radius 3 is 1.94 bits per heavy atom. The topological polar surface area (TPSA) is 78.7 Å². The van der Waals surface area contributed by atoms with Crippen LogP contribution in [-0.4, -0.2) is 36.9 Å². The Labute approximate surface area is 207 Å². The second kappa shape index (κ2) is 9.99. The molecular formula is C27H24N4O3S. The summed E-state index contributed by atoms with van der Waals surface area (Å²) in [5.74, 6) is -0.208. The minimum absolute atomic E-state index is 0.0497. The highest BCUT2D eigenvalue weighted by molar-refractivity contribution is 7.19. The minimum atomic E-state index is -0.373. The van der Waals surface area contributed by atoms with E-state index in [1.807, 2.05) is 59.5 Å². The Morgan fingerprint density at radius 2 is 1.34 bits per heavy atom. The lowest BCUT2D eigenvalue weighted by atomic mass is 10.1. The molecule has 0 atom stereocenters. The van der Waals surface area contributed by atoms with Crippen LogP contribution in [0.5, 0.6) is 0 Å². The van der Waals surface area contributed by atoms with Crippen molar-refractivity contribution in [2.45, 2.75) is 0 Å². The molecule has 0 saturated carbocycles. The number of anilines is 4. The van der Waals surface area contributed by atoms with Gasteiger partial charge in [0.15, 0.2) is 5.00 Å². The molecule has 1 fully saturated rings. The normalized spacial score (nSPS) is 13.5. The van der Waals surface area contributed by atoms with Gasteiger partial charge in [0.05, 0.1) is 4.92 Å². The van der Waals surface area contributed by atoms with Crippen molar-refractivity contribution >= 4 is 44.9 Å². The maximum atomic E-state index is 13.6. The zero-order valence-electron chi connectivity index (χ0n) is 19.0. The number of hydrogen-bond donors (Lipinski definition) is 1. The number of piperazine rings is 1. The molecule has 0 spiro atoms. The van der Waals surface area contributed by atoms with Crippen LogP contribution in [0, 0.1) is 10.1 Å². The summed E-state index contributed by atoms with van der Waals surface area (Å²) in [6.07, 6.45) is 0. The second-order valence-corrected chi connectivity index (χ2v) is 9.23. The van der Waals surface area contributed by atoms with E-state index < -0.39 is 0 Å². The molecule has 0 bridgehead atoms. The van der Waals surface area contributed by atoms with E-state index >= 15 is 0 Å². The molecule has 1 aromatic heterocycles. The lowest BCUT2D eigenvalue weighted by molar-refractivity contribution is -0.382. The van der Waals surface area contributed by atoms with Crippen molar-refractivity contribution in [1.29, 1.82) is 0 Å². The molecule has 1 N–H and O–H groups in total. The van der Waals surface area contributed by atoms with Crippen molar-refractivity contribution in [3.05, 3.63) is 112 Å². The summed E-state index contributed by atoms with van der Waals surface area (Å²) in [5.41, 5.74) is 2.72. The lowest BCUT2D eigenvalue weighted by Crippen LogP contribution is -2.47. The first kappa shape index (κ1) is 22.6. The van der Waals surface area contributed by atoms with E-state index in [2.05, 4.69) is 22.3 Å². The summed E-state index contributed by atoms with van der Waals surface area (Å²) in [7, 11) is 0. The summed E-state index contributed by atoms with van der Waals surface area (Å²) in [6, 6.07) is 28.4. The maximum Gasteiger partial charge on any atom is 0.327 e. The first-order chi connectivity index (χ1) is 17.1. The summed E-state index contributed by atoms with van der Waals surface area (Å²) < 4.78 is 0. The van der Waals surface area contributed by atoms with E-state index in [0.29, 0.717) is 47.3 Å². The molecule has 176 valence electrons. The number of carbonyl (C=O) groups excluding carboxylic acids is 1. The van der Waals surface area contributed by atoms with Gasteiger partial charge in [0.1, 0.15) is 10.6 Å². The van der Waals surface area contributed by atoms with Crippen LogP contribution in [0.1, 0.15) is 15.2 Å². The SMILES string of the molecule is O=C(c1ccccc1)c1sc(Nc2ccccc2)c([N+](=O)[O-])c1N1CCN(c2ccccc2)CC1. The molecule has 0 aliphatic carbocycles. The Hall–Kier alpha value is -4.17.